The van der Waals surface area contributed by atoms with E-state index in [-0.39, 0.29) is 0 Å². The maximum absolute atomic E-state index is 6.69. The number of hydrogen-bond donors (Lipinski definition) is 0. The summed E-state index contributed by atoms with van der Waals surface area (Å²) in [6.07, 6.45) is 1.59. The molecule has 1 rings (SSSR count). The molecule has 2 nitrogen and oxygen atoms in total. The Balaban J connectivity index is 3.20. The molecule has 0 saturated carbocycles. The molecule has 10 heavy (non-hydrogen) atoms. The lowest BCUT2D eigenvalue weighted by Crippen LogP contribution is -1.82. The van der Waals surface area contributed by atoms with Crippen molar-refractivity contribution >= 4 is 28.3 Å². The van der Waals surface area contributed by atoms with E-state index < -0.39 is 0 Å². The third kappa shape index (κ3) is 1.45. The van der Waals surface area contributed by atoms with E-state index in [0.29, 0.717) is 5.69 Å². The molecular weight excluding hydrogens is 239 g/mol. The van der Waals surface area contributed by atoms with Crippen molar-refractivity contribution in [1.82, 2.24) is 4.98 Å². The van der Waals surface area contributed by atoms with Gasteiger partial charge in [-0.1, -0.05) is 0 Å². The zero-order valence-corrected chi connectivity index (χ0v) is 7.58. The molecule has 0 amide bonds. The molecule has 0 radical (unpaired) electrons. The van der Waals surface area contributed by atoms with Crippen LogP contribution in [-0.2, 0) is 0 Å². The van der Waals surface area contributed by atoms with E-state index in [1.165, 1.54) is 0 Å². The highest BCUT2D eigenvalue weighted by Crippen LogP contribution is 2.16. The van der Waals surface area contributed by atoms with Crippen LogP contribution in [0.15, 0.2) is 12.3 Å². The number of aryl methyl sites for hydroxylation is 1. The number of hydrogen-bond acceptors (Lipinski definition) is 1. The molecule has 1 aromatic rings. The third-order valence-corrected chi connectivity index (χ3v) is 2.23. The van der Waals surface area contributed by atoms with E-state index in [2.05, 4.69) is 32.4 Å². The minimum Gasteiger partial charge on any atom is -0.272 e. The van der Waals surface area contributed by atoms with Gasteiger partial charge < -0.3 is 0 Å². The fourth-order valence-electron chi connectivity index (χ4n) is 0.557. The molecule has 0 aliphatic carbocycles. The first-order valence-corrected chi connectivity index (χ1v) is 3.81. The molecule has 0 fully saturated rings. The van der Waals surface area contributed by atoms with Crippen LogP contribution in [0.1, 0.15) is 5.69 Å². The van der Waals surface area contributed by atoms with Gasteiger partial charge in [-0.3, -0.25) is 4.98 Å². The molecule has 0 aliphatic rings. The molecule has 0 unspecified atom stereocenters. The fourth-order valence-corrected chi connectivity index (χ4v) is 1.02. The highest BCUT2D eigenvalue weighted by Gasteiger charge is 1.95. The number of rotatable bonds is 0. The summed E-state index contributed by atoms with van der Waals surface area (Å²) in [6.45, 7) is 8.62. The zero-order chi connectivity index (χ0) is 7.56. The Morgan fingerprint density at radius 3 is 2.90 bits per heavy atom. The van der Waals surface area contributed by atoms with E-state index in [4.69, 9.17) is 6.57 Å². The smallest absolute Gasteiger partial charge is 0.206 e. The molecular formula is C7H5IN2. The van der Waals surface area contributed by atoms with Crippen LogP contribution in [0.25, 0.3) is 4.85 Å². The lowest BCUT2D eigenvalue weighted by molar-refractivity contribution is 1.19. The number of pyridine rings is 1. The maximum atomic E-state index is 6.69. The normalized spacial score (nSPS) is 8.90. The molecule has 0 saturated heterocycles. The van der Waals surface area contributed by atoms with Gasteiger partial charge in [-0.15, -0.1) is 0 Å². The van der Waals surface area contributed by atoms with Crippen LogP contribution in [-0.4, -0.2) is 4.98 Å². The van der Waals surface area contributed by atoms with Crippen molar-refractivity contribution in [2.45, 2.75) is 6.92 Å². The monoisotopic (exact) mass is 244 g/mol. The summed E-state index contributed by atoms with van der Waals surface area (Å²) in [6, 6.07) is 1.83. The Morgan fingerprint density at radius 2 is 2.40 bits per heavy atom. The average molecular weight is 244 g/mol. The first-order valence-electron chi connectivity index (χ1n) is 2.73. The summed E-state index contributed by atoms with van der Waals surface area (Å²) in [4.78, 5) is 7.28. The second-order valence-electron chi connectivity index (χ2n) is 1.87. The first kappa shape index (κ1) is 7.48. The summed E-state index contributed by atoms with van der Waals surface area (Å²) in [5, 5.41) is 0. The summed E-state index contributed by atoms with van der Waals surface area (Å²) >= 11 is 2.17. The fraction of sp³-hybridized carbons (Fsp3) is 0.143. The number of aromatic nitrogens is 1. The van der Waals surface area contributed by atoms with Crippen LogP contribution in [0.3, 0.4) is 0 Å². The topological polar surface area (TPSA) is 17.2 Å². The van der Waals surface area contributed by atoms with Gasteiger partial charge in [0.2, 0.25) is 5.69 Å². The molecule has 1 aromatic heterocycles. The van der Waals surface area contributed by atoms with Crippen molar-refractivity contribution in [3.05, 3.63) is 32.9 Å². The Hall–Kier alpha value is -0.630. The van der Waals surface area contributed by atoms with Crippen LogP contribution in [0, 0.1) is 17.1 Å². The van der Waals surface area contributed by atoms with Gasteiger partial charge >= 0.3 is 0 Å². The van der Waals surface area contributed by atoms with Crippen LogP contribution < -0.4 is 0 Å². The Kier molecular flexibility index (Phi) is 2.22. The van der Waals surface area contributed by atoms with Gasteiger partial charge in [0.1, 0.15) is 0 Å². The summed E-state index contributed by atoms with van der Waals surface area (Å²) in [5.41, 5.74) is 1.59. The van der Waals surface area contributed by atoms with Crippen molar-refractivity contribution in [3.63, 3.8) is 0 Å². The lowest BCUT2D eigenvalue weighted by atomic mass is 10.3. The zero-order valence-electron chi connectivity index (χ0n) is 5.43. The van der Waals surface area contributed by atoms with E-state index in [1.807, 2.05) is 13.0 Å². The summed E-state index contributed by atoms with van der Waals surface area (Å²) in [7, 11) is 0. The molecule has 3 heteroatoms. The predicted molar refractivity (Wildman–Crippen MR) is 48.0 cm³/mol. The quantitative estimate of drug-likeness (QED) is 0.506. The van der Waals surface area contributed by atoms with Gasteiger partial charge in [0.05, 0.1) is 6.57 Å². The highest BCUT2D eigenvalue weighted by molar-refractivity contribution is 14.1. The van der Waals surface area contributed by atoms with Gasteiger partial charge in [-0.2, -0.15) is 0 Å². The van der Waals surface area contributed by atoms with Gasteiger partial charge in [0.25, 0.3) is 0 Å². The molecule has 0 spiro atoms. The largest absolute Gasteiger partial charge is 0.272 e. The van der Waals surface area contributed by atoms with E-state index in [0.717, 1.165) is 9.26 Å². The number of halogens is 1. The maximum Gasteiger partial charge on any atom is 0.206 e. The summed E-state index contributed by atoms with van der Waals surface area (Å²) < 4.78 is 1.05. The van der Waals surface area contributed by atoms with E-state index >= 15 is 0 Å². The predicted octanol–water partition coefficient (Wildman–Crippen LogP) is 2.55. The van der Waals surface area contributed by atoms with Crippen molar-refractivity contribution in [2.75, 3.05) is 0 Å². The van der Waals surface area contributed by atoms with Crippen LogP contribution in [0.4, 0.5) is 5.69 Å². The van der Waals surface area contributed by atoms with Gasteiger partial charge in [-0.05, 0) is 35.6 Å². The Bertz CT molecular complexity index is 288. The highest BCUT2D eigenvalue weighted by atomic mass is 127. The molecule has 0 bridgehead atoms. The number of nitrogens with zero attached hydrogens (tertiary/aromatic N) is 2. The average Bonchev–Trinajstić information content (AvgIpc) is 1.95. The third-order valence-electron chi connectivity index (χ3n) is 1.14. The van der Waals surface area contributed by atoms with E-state index in [9.17, 15) is 0 Å². The van der Waals surface area contributed by atoms with Gasteiger partial charge in [0, 0.05) is 15.5 Å². The molecule has 50 valence electrons. The Labute approximate surface area is 73.2 Å². The van der Waals surface area contributed by atoms with Crippen LogP contribution in [0.2, 0.25) is 0 Å². The molecule has 0 atom stereocenters. The molecule has 0 N–H and O–H groups in total. The molecule has 0 aliphatic heterocycles. The minimum absolute atomic E-state index is 0.606. The van der Waals surface area contributed by atoms with Crippen molar-refractivity contribution in [2.24, 2.45) is 0 Å². The van der Waals surface area contributed by atoms with Crippen molar-refractivity contribution in [3.8, 4) is 0 Å². The SMILES string of the molecule is [C-]#[N+]c1cnc(C)c(I)c1. The minimum atomic E-state index is 0.606. The Morgan fingerprint density at radius 1 is 1.70 bits per heavy atom. The van der Waals surface area contributed by atoms with E-state index in [1.54, 1.807) is 6.20 Å². The van der Waals surface area contributed by atoms with Crippen molar-refractivity contribution < 1.29 is 0 Å². The van der Waals surface area contributed by atoms with Crippen molar-refractivity contribution in [1.29, 1.82) is 0 Å². The molecule has 1 heterocycles. The lowest BCUT2D eigenvalue weighted by Gasteiger charge is -1.94. The van der Waals surface area contributed by atoms with Gasteiger partial charge in [0.15, 0.2) is 0 Å². The first-order chi connectivity index (χ1) is 4.74. The van der Waals surface area contributed by atoms with Crippen LogP contribution >= 0.6 is 22.6 Å². The standard InChI is InChI=1S/C7H5IN2/c1-5-7(8)3-6(9-2)4-10-5/h3-4H,1H3. The summed E-state index contributed by atoms with van der Waals surface area (Å²) in [5.74, 6) is 0. The second kappa shape index (κ2) is 2.97. The molecule has 0 aromatic carbocycles. The van der Waals surface area contributed by atoms with Crippen LogP contribution in [0.5, 0.6) is 0 Å². The second-order valence-corrected chi connectivity index (χ2v) is 3.03. The van der Waals surface area contributed by atoms with Gasteiger partial charge in [-0.25, -0.2) is 4.85 Å².